The van der Waals surface area contributed by atoms with Crippen molar-refractivity contribution in [3.8, 4) is 0 Å². The van der Waals surface area contributed by atoms with Crippen molar-refractivity contribution in [3.05, 3.63) is 0 Å². The average molecular weight is 232 g/mol. The second-order valence-electron chi connectivity index (χ2n) is 4.68. The van der Waals surface area contributed by atoms with Crippen molar-refractivity contribution in [2.24, 2.45) is 11.8 Å². The van der Waals surface area contributed by atoms with Gasteiger partial charge in [0, 0.05) is 17.8 Å². The van der Waals surface area contributed by atoms with Crippen molar-refractivity contribution in [1.82, 2.24) is 5.32 Å². The van der Waals surface area contributed by atoms with Crippen LogP contribution in [0.2, 0.25) is 0 Å². The van der Waals surface area contributed by atoms with Crippen molar-refractivity contribution < 1.29 is 4.79 Å². The third-order valence-electron chi connectivity index (χ3n) is 3.34. The number of amides is 1. The molecule has 0 heterocycles. The first kappa shape index (κ1) is 12.8. The van der Waals surface area contributed by atoms with E-state index in [1.165, 1.54) is 12.8 Å². The normalized spacial score (nSPS) is 28.5. The predicted molar refractivity (Wildman–Crippen MR) is 64.1 cm³/mol. The maximum Gasteiger partial charge on any atom is 0.222 e. The average Bonchev–Trinajstić information content (AvgIpc) is 2.25. The van der Waals surface area contributed by atoms with Gasteiger partial charge in [-0.2, -0.15) is 0 Å². The molecule has 0 spiro atoms. The van der Waals surface area contributed by atoms with Gasteiger partial charge >= 0.3 is 0 Å². The second-order valence-corrected chi connectivity index (χ2v) is 5.30. The molecule has 1 N–H and O–H groups in total. The highest BCUT2D eigenvalue weighted by Crippen LogP contribution is 2.27. The van der Waals surface area contributed by atoms with E-state index in [1.807, 2.05) is 13.8 Å². The van der Waals surface area contributed by atoms with Crippen LogP contribution >= 0.6 is 11.6 Å². The summed E-state index contributed by atoms with van der Waals surface area (Å²) < 4.78 is 0. The van der Waals surface area contributed by atoms with E-state index < -0.39 is 0 Å². The summed E-state index contributed by atoms with van der Waals surface area (Å²) in [5.41, 5.74) is 0. The number of nitrogens with one attached hydrogen (secondary N) is 1. The summed E-state index contributed by atoms with van der Waals surface area (Å²) in [4.78, 5) is 11.6. The molecule has 1 aliphatic rings. The molecule has 1 fully saturated rings. The van der Waals surface area contributed by atoms with Gasteiger partial charge in [-0.05, 0) is 31.6 Å². The van der Waals surface area contributed by atoms with E-state index in [0.29, 0.717) is 11.3 Å². The van der Waals surface area contributed by atoms with Crippen molar-refractivity contribution >= 4 is 17.5 Å². The van der Waals surface area contributed by atoms with Gasteiger partial charge in [-0.15, -0.1) is 11.6 Å². The summed E-state index contributed by atoms with van der Waals surface area (Å²) >= 11 is 6.10. The minimum Gasteiger partial charge on any atom is -0.356 e. The van der Waals surface area contributed by atoms with Gasteiger partial charge in [-0.3, -0.25) is 4.79 Å². The van der Waals surface area contributed by atoms with E-state index in [0.717, 1.165) is 25.8 Å². The Morgan fingerprint density at radius 3 is 2.87 bits per heavy atom. The van der Waals surface area contributed by atoms with Crippen LogP contribution in [0.15, 0.2) is 0 Å². The summed E-state index contributed by atoms with van der Waals surface area (Å²) in [6, 6.07) is 0. The zero-order valence-corrected chi connectivity index (χ0v) is 10.5. The molecule has 0 aromatic heterocycles. The van der Waals surface area contributed by atoms with Crippen LogP contribution in [-0.2, 0) is 4.79 Å². The fraction of sp³-hybridized carbons (Fsp3) is 0.917. The summed E-state index contributed by atoms with van der Waals surface area (Å²) in [5, 5.41) is 3.35. The van der Waals surface area contributed by atoms with Gasteiger partial charge < -0.3 is 5.32 Å². The maximum atomic E-state index is 11.6. The van der Waals surface area contributed by atoms with Crippen LogP contribution in [0.5, 0.6) is 0 Å². The van der Waals surface area contributed by atoms with Gasteiger partial charge in [-0.1, -0.05) is 20.3 Å². The van der Waals surface area contributed by atoms with Crippen LogP contribution < -0.4 is 5.32 Å². The first-order chi connectivity index (χ1) is 7.13. The van der Waals surface area contributed by atoms with Gasteiger partial charge in [0.15, 0.2) is 0 Å². The maximum absolute atomic E-state index is 11.6. The third-order valence-corrected chi connectivity index (χ3v) is 3.74. The van der Waals surface area contributed by atoms with E-state index >= 15 is 0 Å². The molecule has 1 saturated carbocycles. The number of carbonyl (C=O) groups excluding carboxylic acids is 1. The molecule has 3 atom stereocenters. The highest BCUT2D eigenvalue weighted by Gasteiger charge is 2.21. The molecule has 15 heavy (non-hydrogen) atoms. The van der Waals surface area contributed by atoms with Crippen LogP contribution in [0.25, 0.3) is 0 Å². The molecule has 1 aliphatic carbocycles. The Labute approximate surface area is 97.8 Å². The summed E-state index contributed by atoms with van der Waals surface area (Å²) in [5.74, 6) is 0.920. The van der Waals surface area contributed by atoms with E-state index in [2.05, 4.69) is 5.32 Å². The fourth-order valence-electron chi connectivity index (χ4n) is 2.02. The third kappa shape index (κ3) is 4.42. The number of hydrogen-bond acceptors (Lipinski definition) is 1. The quantitative estimate of drug-likeness (QED) is 0.741. The van der Waals surface area contributed by atoms with Crippen molar-refractivity contribution in [3.63, 3.8) is 0 Å². The van der Waals surface area contributed by atoms with Crippen molar-refractivity contribution in [1.29, 1.82) is 0 Å². The fourth-order valence-corrected chi connectivity index (χ4v) is 2.42. The molecule has 3 heteroatoms. The zero-order chi connectivity index (χ0) is 11.3. The smallest absolute Gasteiger partial charge is 0.222 e. The topological polar surface area (TPSA) is 29.1 Å². The zero-order valence-electron chi connectivity index (χ0n) is 9.76. The van der Waals surface area contributed by atoms with E-state index in [1.54, 1.807) is 0 Å². The van der Waals surface area contributed by atoms with Crippen LogP contribution in [0.1, 0.15) is 46.0 Å². The lowest BCUT2D eigenvalue weighted by Gasteiger charge is -2.25. The molecular weight excluding hydrogens is 210 g/mol. The molecule has 0 aromatic carbocycles. The monoisotopic (exact) mass is 231 g/mol. The van der Waals surface area contributed by atoms with Gasteiger partial charge in [0.1, 0.15) is 0 Å². The summed E-state index contributed by atoms with van der Waals surface area (Å²) in [6.07, 6.45) is 5.52. The lowest BCUT2D eigenvalue weighted by Crippen LogP contribution is -2.35. The second kappa shape index (κ2) is 6.37. The molecule has 2 nitrogen and oxygen atoms in total. The van der Waals surface area contributed by atoms with Crippen molar-refractivity contribution in [2.75, 3.05) is 6.54 Å². The van der Waals surface area contributed by atoms with Gasteiger partial charge in [0.05, 0.1) is 0 Å². The van der Waals surface area contributed by atoms with Crippen LogP contribution in [0.3, 0.4) is 0 Å². The standard InChI is InChI=1S/C12H22ClNO/c1-3-9(2)12(15)14-8-10-5-4-6-11(13)7-10/h9-11H,3-8H2,1-2H3,(H,14,15). The molecule has 0 saturated heterocycles. The highest BCUT2D eigenvalue weighted by atomic mass is 35.5. The van der Waals surface area contributed by atoms with E-state index in [-0.39, 0.29) is 11.8 Å². The number of carbonyl (C=O) groups is 1. The van der Waals surface area contributed by atoms with Gasteiger partial charge in [-0.25, -0.2) is 0 Å². The molecule has 0 bridgehead atoms. The highest BCUT2D eigenvalue weighted by molar-refractivity contribution is 6.20. The molecule has 1 rings (SSSR count). The Morgan fingerprint density at radius 1 is 1.53 bits per heavy atom. The van der Waals surface area contributed by atoms with E-state index in [9.17, 15) is 4.79 Å². The molecule has 0 radical (unpaired) electrons. The van der Waals surface area contributed by atoms with Crippen LogP contribution in [0.4, 0.5) is 0 Å². The largest absolute Gasteiger partial charge is 0.356 e. The van der Waals surface area contributed by atoms with Crippen LogP contribution in [0, 0.1) is 11.8 Å². The Balaban J connectivity index is 2.21. The molecule has 3 unspecified atom stereocenters. The summed E-state index contributed by atoms with van der Waals surface area (Å²) in [7, 11) is 0. The molecule has 0 aromatic rings. The number of hydrogen-bond donors (Lipinski definition) is 1. The molecule has 1 amide bonds. The molecule has 88 valence electrons. The van der Waals surface area contributed by atoms with E-state index in [4.69, 9.17) is 11.6 Å². The lowest BCUT2D eigenvalue weighted by molar-refractivity contribution is -0.124. The van der Waals surface area contributed by atoms with Gasteiger partial charge in [0.2, 0.25) is 5.91 Å². The SMILES string of the molecule is CCC(C)C(=O)NCC1CCCC(Cl)C1. The Kier molecular flexibility index (Phi) is 5.44. The lowest BCUT2D eigenvalue weighted by atomic mass is 9.89. The Hall–Kier alpha value is -0.240. The minimum atomic E-state index is 0.139. The minimum absolute atomic E-state index is 0.139. The molecular formula is C12H22ClNO. The first-order valence-electron chi connectivity index (χ1n) is 6.05. The van der Waals surface area contributed by atoms with Gasteiger partial charge in [0.25, 0.3) is 0 Å². The number of alkyl halides is 1. The predicted octanol–water partition coefficient (Wildman–Crippen LogP) is 2.95. The van der Waals surface area contributed by atoms with Crippen molar-refractivity contribution in [2.45, 2.75) is 51.3 Å². The number of rotatable bonds is 4. The Bertz CT molecular complexity index is 208. The Morgan fingerprint density at radius 2 is 2.27 bits per heavy atom. The van der Waals surface area contributed by atoms with Crippen LogP contribution in [-0.4, -0.2) is 17.8 Å². The first-order valence-corrected chi connectivity index (χ1v) is 6.48. The summed E-state index contributed by atoms with van der Waals surface area (Å²) in [6.45, 7) is 4.83. The molecule has 0 aliphatic heterocycles. The number of halogens is 1.